The van der Waals surface area contributed by atoms with Gasteiger partial charge in [0.05, 0.1) is 11.7 Å². The first kappa shape index (κ1) is 14.8. The van der Waals surface area contributed by atoms with E-state index in [2.05, 4.69) is 28.8 Å². The number of rotatable bonds is 3. The molecule has 5 nitrogen and oxygen atoms in total. The van der Waals surface area contributed by atoms with Gasteiger partial charge in [0.25, 0.3) is 0 Å². The average Bonchev–Trinajstić information content (AvgIpc) is 3.17. The highest BCUT2D eigenvalue weighted by molar-refractivity contribution is 7.18. The molecule has 0 amide bonds. The van der Waals surface area contributed by atoms with Gasteiger partial charge in [-0.3, -0.25) is 0 Å². The molecule has 3 heterocycles. The fraction of sp³-hybridized carbons (Fsp3) is 0.167. The molecule has 0 N–H and O–H groups in total. The van der Waals surface area contributed by atoms with Crippen molar-refractivity contribution in [3.63, 3.8) is 0 Å². The van der Waals surface area contributed by atoms with Crippen molar-refractivity contribution in [1.82, 2.24) is 19.5 Å². The molecule has 0 aliphatic heterocycles. The minimum absolute atomic E-state index is 0.620. The number of thiophene rings is 1. The number of aromatic nitrogens is 4. The standard InChI is InChI=1S/C18H16N4OS/c1-11-12(2)24-18-16(11)17(20-13(3)21-18)23-15-6-4-14(5-7-15)22-9-8-19-10-22/h4-10H,1-3H3. The number of nitrogens with zero attached hydrogens (tertiary/aromatic N) is 4. The van der Waals surface area contributed by atoms with Gasteiger partial charge in [-0.1, -0.05) is 0 Å². The van der Waals surface area contributed by atoms with E-state index >= 15 is 0 Å². The first-order valence-electron chi connectivity index (χ1n) is 7.62. The molecule has 3 aromatic heterocycles. The van der Waals surface area contributed by atoms with Gasteiger partial charge in [-0.15, -0.1) is 11.3 Å². The van der Waals surface area contributed by atoms with Crippen LogP contribution in [0.3, 0.4) is 0 Å². The highest BCUT2D eigenvalue weighted by Crippen LogP contribution is 2.36. The summed E-state index contributed by atoms with van der Waals surface area (Å²) < 4.78 is 8.02. The van der Waals surface area contributed by atoms with Gasteiger partial charge < -0.3 is 9.30 Å². The number of imidazole rings is 1. The summed E-state index contributed by atoms with van der Waals surface area (Å²) in [6, 6.07) is 7.86. The highest BCUT2D eigenvalue weighted by Gasteiger charge is 2.15. The number of aryl methyl sites for hydroxylation is 3. The molecule has 0 aliphatic carbocycles. The highest BCUT2D eigenvalue weighted by atomic mass is 32.1. The second-order valence-corrected chi connectivity index (χ2v) is 6.81. The minimum Gasteiger partial charge on any atom is -0.438 e. The van der Waals surface area contributed by atoms with Crippen molar-refractivity contribution >= 4 is 21.6 Å². The van der Waals surface area contributed by atoms with Gasteiger partial charge in [0.2, 0.25) is 5.88 Å². The Labute approximate surface area is 143 Å². The van der Waals surface area contributed by atoms with Crippen molar-refractivity contribution in [2.75, 3.05) is 0 Å². The lowest BCUT2D eigenvalue weighted by atomic mass is 10.2. The second-order valence-electron chi connectivity index (χ2n) is 5.61. The molecule has 0 radical (unpaired) electrons. The summed E-state index contributed by atoms with van der Waals surface area (Å²) in [5.41, 5.74) is 2.21. The molecule has 0 fully saturated rings. The lowest BCUT2D eigenvalue weighted by molar-refractivity contribution is 0.466. The van der Waals surface area contributed by atoms with Crippen LogP contribution in [0.25, 0.3) is 15.9 Å². The Kier molecular flexibility index (Phi) is 3.54. The van der Waals surface area contributed by atoms with E-state index in [-0.39, 0.29) is 0 Å². The molecule has 24 heavy (non-hydrogen) atoms. The maximum absolute atomic E-state index is 6.07. The minimum atomic E-state index is 0.620. The Morgan fingerprint density at radius 3 is 2.54 bits per heavy atom. The summed E-state index contributed by atoms with van der Waals surface area (Å²) in [5.74, 6) is 2.09. The lowest BCUT2D eigenvalue weighted by Crippen LogP contribution is -1.95. The monoisotopic (exact) mass is 336 g/mol. The van der Waals surface area contributed by atoms with Crippen LogP contribution in [0.15, 0.2) is 43.0 Å². The summed E-state index contributed by atoms with van der Waals surface area (Å²) in [7, 11) is 0. The van der Waals surface area contributed by atoms with Crippen molar-refractivity contribution in [1.29, 1.82) is 0 Å². The van der Waals surface area contributed by atoms with Crippen molar-refractivity contribution in [2.45, 2.75) is 20.8 Å². The number of hydrogen-bond donors (Lipinski definition) is 0. The molecule has 0 saturated carbocycles. The van der Waals surface area contributed by atoms with E-state index in [0.717, 1.165) is 21.7 Å². The van der Waals surface area contributed by atoms with Crippen LogP contribution in [0.1, 0.15) is 16.3 Å². The van der Waals surface area contributed by atoms with Crippen molar-refractivity contribution in [2.24, 2.45) is 0 Å². The summed E-state index contributed by atoms with van der Waals surface area (Å²) >= 11 is 1.68. The molecular weight excluding hydrogens is 320 g/mol. The zero-order valence-corrected chi connectivity index (χ0v) is 14.5. The van der Waals surface area contributed by atoms with Crippen molar-refractivity contribution < 1.29 is 4.74 Å². The fourth-order valence-corrected chi connectivity index (χ4v) is 3.66. The zero-order valence-electron chi connectivity index (χ0n) is 13.6. The molecule has 6 heteroatoms. The molecule has 0 spiro atoms. The predicted molar refractivity (Wildman–Crippen MR) is 95.3 cm³/mol. The van der Waals surface area contributed by atoms with Gasteiger partial charge in [-0.25, -0.2) is 9.97 Å². The molecular formula is C18H16N4OS. The first-order valence-corrected chi connectivity index (χ1v) is 8.44. The van der Waals surface area contributed by atoms with Crippen LogP contribution in [0.4, 0.5) is 0 Å². The Balaban J connectivity index is 1.71. The van der Waals surface area contributed by atoms with E-state index < -0.39 is 0 Å². The number of ether oxygens (including phenoxy) is 1. The zero-order chi connectivity index (χ0) is 16.7. The largest absolute Gasteiger partial charge is 0.438 e. The van der Waals surface area contributed by atoms with E-state index in [0.29, 0.717) is 11.7 Å². The van der Waals surface area contributed by atoms with Gasteiger partial charge in [-0.05, 0) is 50.6 Å². The summed E-state index contributed by atoms with van der Waals surface area (Å²) in [4.78, 5) is 15.3. The van der Waals surface area contributed by atoms with E-state index in [4.69, 9.17) is 4.74 Å². The molecule has 4 aromatic rings. The van der Waals surface area contributed by atoms with Crippen LogP contribution in [0.5, 0.6) is 11.6 Å². The fourth-order valence-electron chi connectivity index (χ4n) is 2.60. The number of hydrogen-bond acceptors (Lipinski definition) is 5. The molecule has 120 valence electrons. The molecule has 0 aliphatic rings. The van der Waals surface area contributed by atoms with E-state index in [1.807, 2.05) is 42.0 Å². The molecule has 1 aromatic carbocycles. The second kappa shape index (κ2) is 5.72. The SMILES string of the molecule is Cc1nc(Oc2ccc(-n3ccnc3)cc2)c2c(C)c(C)sc2n1. The third-order valence-electron chi connectivity index (χ3n) is 3.96. The smallest absolute Gasteiger partial charge is 0.231 e. The molecule has 0 unspecified atom stereocenters. The average molecular weight is 336 g/mol. The number of fused-ring (bicyclic) bond motifs is 1. The normalized spacial score (nSPS) is 11.1. The van der Waals surface area contributed by atoms with E-state index in [1.165, 1.54) is 10.4 Å². The van der Waals surface area contributed by atoms with Gasteiger partial charge >= 0.3 is 0 Å². The lowest BCUT2D eigenvalue weighted by Gasteiger charge is -2.09. The van der Waals surface area contributed by atoms with Crippen molar-refractivity contribution in [3.05, 3.63) is 59.3 Å². The topological polar surface area (TPSA) is 52.8 Å². The Morgan fingerprint density at radius 2 is 1.83 bits per heavy atom. The summed E-state index contributed by atoms with van der Waals surface area (Å²) in [5, 5.41) is 1.00. The van der Waals surface area contributed by atoms with E-state index in [9.17, 15) is 0 Å². The molecule has 4 rings (SSSR count). The quantitative estimate of drug-likeness (QED) is 0.549. The predicted octanol–water partition coefficient (Wildman–Crippen LogP) is 4.59. The van der Waals surface area contributed by atoms with Gasteiger partial charge in [0.15, 0.2) is 0 Å². The van der Waals surface area contributed by atoms with Gasteiger partial charge in [-0.2, -0.15) is 4.98 Å². The molecule has 0 saturated heterocycles. The van der Waals surface area contributed by atoms with Crippen molar-refractivity contribution in [3.8, 4) is 17.3 Å². The number of benzene rings is 1. The third kappa shape index (κ3) is 2.55. The molecule has 0 bridgehead atoms. The maximum atomic E-state index is 6.07. The van der Waals surface area contributed by atoms with Gasteiger partial charge in [0.1, 0.15) is 16.4 Å². The maximum Gasteiger partial charge on any atom is 0.231 e. The van der Waals surface area contributed by atoms with Crippen LogP contribution in [-0.2, 0) is 0 Å². The Hall–Kier alpha value is -2.73. The molecule has 0 atom stereocenters. The van der Waals surface area contributed by atoms with Crippen LogP contribution in [-0.4, -0.2) is 19.5 Å². The van der Waals surface area contributed by atoms with E-state index in [1.54, 1.807) is 23.9 Å². The van der Waals surface area contributed by atoms with Crippen LogP contribution >= 0.6 is 11.3 Å². The van der Waals surface area contributed by atoms with Crippen LogP contribution < -0.4 is 4.74 Å². The van der Waals surface area contributed by atoms with Crippen LogP contribution in [0, 0.1) is 20.8 Å². The Morgan fingerprint density at radius 1 is 1.04 bits per heavy atom. The summed E-state index contributed by atoms with van der Waals surface area (Å²) in [6.07, 6.45) is 5.43. The van der Waals surface area contributed by atoms with Crippen LogP contribution in [0.2, 0.25) is 0 Å². The third-order valence-corrected chi connectivity index (χ3v) is 5.06. The summed E-state index contributed by atoms with van der Waals surface area (Å²) in [6.45, 7) is 6.07. The van der Waals surface area contributed by atoms with Gasteiger partial charge in [0, 0.05) is 23.0 Å². The first-order chi connectivity index (χ1) is 11.6. The Bertz CT molecular complexity index is 1000.